The molecule has 3 fully saturated rings. The Morgan fingerprint density at radius 1 is 1.15 bits per heavy atom. The SMILES string of the molecule is CC[C@H]1CN(C(=O)[C@@H](NC(=O)c2ccc(-c3csc(N4CCN(C)CC4)n3)cc2)[C@@H](C)CC)[C@@H]2C(=O)CO[C@H]12. The second kappa shape index (κ2) is 11.7. The number of anilines is 1. The predicted molar refractivity (Wildman–Crippen MR) is 152 cm³/mol. The van der Waals surface area contributed by atoms with Crippen LogP contribution in [0.4, 0.5) is 5.13 Å². The molecule has 0 unspecified atom stereocenters. The molecule has 0 aliphatic carbocycles. The Morgan fingerprint density at radius 3 is 2.54 bits per heavy atom. The number of likely N-dealkylation sites (N-methyl/N-ethyl adjacent to an activating group) is 1. The lowest BCUT2D eigenvalue weighted by molar-refractivity contribution is -0.139. The van der Waals surface area contributed by atoms with Gasteiger partial charge in [-0.3, -0.25) is 14.4 Å². The van der Waals surface area contributed by atoms with Crippen LogP contribution in [-0.4, -0.2) is 96.9 Å². The number of ether oxygens (including phenoxy) is 1. The number of thiazole rings is 1. The molecule has 1 aromatic carbocycles. The molecule has 210 valence electrons. The molecular formula is C29H39N5O4S. The molecule has 3 aliphatic rings. The molecule has 1 aromatic heterocycles. The molecule has 3 saturated heterocycles. The van der Waals surface area contributed by atoms with E-state index < -0.39 is 12.1 Å². The summed E-state index contributed by atoms with van der Waals surface area (Å²) in [6, 6.07) is 6.12. The zero-order valence-corrected chi connectivity index (χ0v) is 24.1. The van der Waals surface area contributed by atoms with Crippen molar-refractivity contribution in [2.45, 2.75) is 51.8 Å². The average Bonchev–Trinajstić information content (AvgIpc) is 3.68. The Morgan fingerprint density at radius 2 is 1.87 bits per heavy atom. The van der Waals surface area contributed by atoms with Crippen molar-refractivity contribution >= 4 is 34.1 Å². The minimum Gasteiger partial charge on any atom is -0.367 e. The minimum atomic E-state index is -0.712. The highest BCUT2D eigenvalue weighted by Crippen LogP contribution is 2.34. The molecule has 1 N–H and O–H groups in total. The van der Waals surface area contributed by atoms with E-state index in [2.05, 4.69) is 34.5 Å². The Labute approximate surface area is 234 Å². The fourth-order valence-corrected chi connectivity index (χ4v) is 6.65. The Hall–Kier alpha value is -2.82. The van der Waals surface area contributed by atoms with E-state index >= 15 is 0 Å². The normalized spacial score (nSPS) is 25.0. The molecule has 4 heterocycles. The van der Waals surface area contributed by atoms with Crippen LogP contribution in [0.2, 0.25) is 0 Å². The number of nitrogens with one attached hydrogen (secondary N) is 1. The van der Waals surface area contributed by atoms with E-state index in [1.807, 2.05) is 26.0 Å². The number of piperazine rings is 1. The zero-order valence-electron chi connectivity index (χ0n) is 23.3. The number of rotatable bonds is 8. The summed E-state index contributed by atoms with van der Waals surface area (Å²) < 4.78 is 5.74. The van der Waals surface area contributed by atoms with Crippen LogP contribution >= 0.6 is 11.3 Å². The van der Waals surface area contributed by atoms with Crippen LogP contribution < -0.4 is 10.2 Å². The van der Waals surface area contributed by atoms with E-state index in [0.717, 1.165) is 55.4 Å². The zero-order chi connectivity index (χ0) is 27.7. The molecule has 10 heteroatoms. The molecule has 39 heavy (non-hydrogen) atoms. The predicted octanol–water partition coefficient (Wildman–Crippen LogP) is 2.91. The van der Waals surface area contributed by atoms with E-state index in [1.165, 1.54) is 0 Å². The van der Waals surface area contributed by atoms with Gasteiger partial charge in [0.15, 0.2) is 10.9 Å². The first-order valence-corrected chi connectivity index (χ1v) is 14.9. The summed E-state index contributed by atoms with van der Waals surface area (Å²) in [6.45, 7) is 10.6. The number of likely N-dealkylation sites (tertiary alicyclic amines) is 1. The minimum absolute atomic E-state index is 0.0491. The number of aromatic nitrogens is 1. The van der Waals surface area contributed by atoms with Gasteiger partial charge in [0.25, 0.3) is 5.91 Å². The molecule has 5 rings (SSSR count). The number of Topliss-reactive ketones (excluding diaryl/α,β-unsaturated/α-hetero) is 1. The largest absolute Gasteiger partial charge is 0.367 e. The van der Waals surface area contributed by atoms with E-state index in [1.54, 1.807) is 28.4 Å². The van der Waals surface area contributed by atoms with Gasteiger partial charge in [-0.1, -0.05) is 39.3 Å². The molecule has 5 atom stereocenters. The van der Waals surface area contributed by atoms with Crippen LogP contribution in [0.5, 0.6) is 0 Å². The molecule has 3 aliphatic heterocycles. The second-order valence-corrected chi connectivity index (χ2v) is 11.9. The van der Waals surface area contributed by atoms with Crippen molar-refractivity contribution in [3.63, 3.8) is 0 Å². The van der Waals surface area contributed by atoms with Gasteiger partial charge < -0.3 is 24.8 Å². The summed E-state index contributed by atoms with van der Waals surface area (Å²) in [5.41, 5.74) is 2.33. The van der Waals surface area contributed by atoms with Gasteiger partial charge in [-0.2, -0.15) is 0 Å². The first-order valence-electron chi connectivity index (χ1n) is 14.1. The number of fused-ring (bicyclic) bond motifs is 1. The lowest BCUT2D eigenvalue weighted by Gasteiger charge is -2.32. The molecule has 9 nitrogen and oxygen atoms in total. The fourth-order valence-electron chi connectivity index (χ4n) is 5.76. The summed E-state index contributed by atoms with van der Waals surface area (Å²) in [5, 5.41) is 6.07. The first kappa shape index (κ1) is 27.7. The van der Waals surface area contributed by atoms with E-state index in [0.29, 0.717) is 12.1 Å². The highest BCUT2D eigenvalue weighted by atomic mass is 32.1. The third kappa shape index (κ3) is 5.60. The third-order valence-electron chi connectivity index (χ3n) is 8.57. The number of carbonyl (C=O) groups is 3. The van der Waals surface area contributed by atoms with Crippen molar-refractivity contribution in [2.75, 3.05) is 51.3 Å². The monoisotopic (exact) mass is 553 g/mol. The molecule has 0 spiro atoms. The number of ketones is 1. The van der Waals surface area contributed by atoms with Crippen LogP contribution in [-0.2, 0) is 14.3 Å². The Bertz CT molecular complexity index is 1190. The number of nitrogens with zero attached hydrogens (tertiary/aromatic N) is 4. The van der Waals surface area contributed by atoms with E-state index in [-0.39, 0.29) is 42.1 Å². The van der Waals surface area contributed by atoms with Gasteiger partial charge in [-0.05, 0) is 31.5 Å². The van der Waals surface area contributed by atoms with E-state index in [9.17, 15) is 14.4 Å². The van der Waals surface area contributed by atoms with Crippen LogP contribution in [0.3, 0.4) is 0 Å². The number of amides is 2. The van der Waals surface area contributed by atoms with Crippen molar-refractivity contribution in [3.8, 4) is 11.3 Å². The molecule has 0 bridgehead atoms. The summed E-state index contributed by atoms with van der Waals surface area (Å²) in [4.78, 5) is 50.7. The molecule has 2 amide bonds. The molecule has 0 radical (unpaired) electrons. The van der Waals surface area contributed by atoms with Gasteiger partial charge in [0.05, 0.1) is 11.8 Å². The quantitative estimate of drug-likeness (QED) is 0.537. The standard InChI is InChI=1S/C29H39N5O4S/c1-5-18(3)24(28(37)34-15-19(6-2)26-25(34)23(35)16-38-26)31-27(36)21-9-7-20(8-10-21)22-17-39-29(30-22)33-13-11-32(4)12-14-33/h7-10,17-19,24-26H,5-6,11-16H2,1-4H3,(H,31,36)/t18-,19-,24-,25+,26+/m0/s1. The number of hydrogen-bond donors (Lipinski definition) is 1. The number of carbonyl (C=O) groups excluding carboxylic acids is 3. The number of hydrogen-bond acceptors (Lipinski definition) is 8. The molecular weight excluding hydrogens is 514 g/mol. The maximum Gasteiger partial charge on any atom is 0.251 e. The van der Waals surface area contributed by atoms with Gasteiger partial charge in [0, 0.05) is 55.1 Å². The highest BCUT2D eigenvalue weighted by Gasteiger charge is 2.52. The summed E-state index contributed by atoms with van der Waals surface area (Å²) >= 11 is 1.64. The average molecular weight is 554 g/mol. The van der Waals surface area contributed by atoms with Crippen molar-refractivity contribution < 1.29 is 19.1 Å². The van der Waals surface area contributed by atoms with Crippen molar-refractivity contribution in [2.24, 2.45) is 11.8 Å². The van der Waals surface area contributed by atoms with Crippen LogP contribution in [0, 0.1) is 11.8 Å². The van der Waals surface area contributed by atoms with E-state index in [4.69, 9.17) is 9.72 Å². The summed E-state index contributed by atoms with van der Waals surface area (Å²) in [7, 11) is 2.14. The first-order chi connectivity index (χ1) is 18.8. The lowest BCUT2D eigenvalue weighted by atomic mass is 9.96. The fraction of sp³-hybridized carbons (Fsp3) is 0.586. The number of benzene rings is 1. The third-order valence-corrected chi connectivity index (χ3v) is 9.47. The van der Waals surface area contributed by atoms with Crippen molar-refractivity contribution in [1.29, 1.82) is 0 Å². The molecule has 2 aromatic rings. The van der Waals surface area contributed by atoms with Gasteiger partial charge >= 0.3 is 0 Å². The second-order valence-electron chi connectivity index (χ2n) is 11.1. The Balaban J connectivity index is 1.27. The van der Waals surface area contributed by atoms with Gasteiger partial charge in [0.1, 0.15) is 18.7 Å². The summed E-state index contributed by atoms with van der Waals surface area (Å²) in [5.74, 6) is -0.493. The highest BCUT2D eigenvalue weighted by molar-refractivity contribution is 7.14. The van der Waals surface area contributed by atoms with Crippen molar-refractivity contribution in [1.82, 2.24) is 20.1 Å². The maximum atomic E-state index is 13.7. The lowest BCUT2D eigenvalue weighted by Crippen LogP contribution is -2.54. The van der Waals surface area contributed by atoms with Gasteiger partial charge in [-0.25, -0.2) is 4.98 Å². The van der Waals surface area contributed by atoms with Crippen molar-refractivity contribution in [3.05, 3.63) is 35.2 Å². The van der Waals surface area contributed by atoms with Crippen LogP contribution in [0.1, 0.15) is 44.0 Å². The maximum absolute atomic E-state index is 13.7. The summed E-state index contributed by atoms with van der Waals surface area (Å²) in [6.07, 6.45) is 1.31. The van der Waals surface area contributed by atoms with Gasteiger partial charge in [0.2, 0.25) is 5.91 Å². The van der Waals surface area contributed by atoms with Gasteiger partial charge in [-0.15, -0.1) is 11.3 Å². The van der Waals surface area contributed by atoms with Crippen LogP contribution in [0.25, 0.3) is 11.3 Å². The van der Waals surface area contributed by atoms with Crippen LogP contribution in [0.15, 0.2) is 29.6 Å². The smallest absolute Gasteiger partial charge is 0.251 e. The topological polar surface area (TPSA) is 95.1 Å². The molecule has 0 saturated carbocycles. The Kier molecular flexibility index (Phi) is 8.35.